The van der Waals surface area contributed by atoms with Gasteiger partial charge in [0, 0.05) is 12.5 Å². The van der Waals surface area contributed by atoms with Crippen molar-refractivity contribution in [2.75, 3.05) is 13.2 Å². The first-order chi connectivity index (χ1) is 5.38. The second-order valence-corrected chi connectivity index (χ2v) is 2.97. The first kappa shape index (κ1) is 9.01. The van der Waals surface area contributed by atoms with Gasteiger partial charge in [-0.05, 0) is 6.42 Å². The van der Waals surface area contributed by atoms with E-state index in [1.54, 1.807) is 0 Å². The number of rotatable bonds is 0. The Morgan fingerprint density at radius 2 is 1.91 bits per heavy atom. The van der Waals surface area contributed by atoms with Crippen LogP contribution in [0.3, 0.4) is 0 Å². The molecule has 2 rings (SSSR count). The summed E-state index contributed by atoms with van der Waals surface area (Å²) in [5, 5.41) is 0. The molecule has 0 radical (unpaired) electrons. The molecule has 0 saturated carbocycles. The molecule has 2 aliphatic heterocycles. The first-order valence-electron chi connectivity index (χ1n) is 4.61. The molecule has 0 N–H and O–H groups in total. The Morgan fingerprint density at radius 3 is 2.55 bits per heavy atom. The Balaban J connectivity index is 0.000000281. The molecule has 0 aromatic carbocycles. The lowest BCUT2D eigenvalue weighted by molar-refractivity contribution is 0.0658. The Labute approximate surface area is 68.9 Å². The van der Waals surface area contributed by atoms with Crippen molar-refractivity contribution in [1.82, 2.24) is 0 Å². The Morgan fingerprint density at radius 1 is 1.18 bits per heavy atom. The summed E-state index contributed by atoms with van der Waals surface area (Å²) in [5.74, 6) is 0.623. The lowest BCUT2D eigenvalue weighted by Gasteiger charge is -2.08. The summed E-state index contributed by atoms with van der Waals surface area (Å²) in [4.78, 5) is 0. The minimum atomic E-state index is 0.421. The van der Waals surface area contributed by atoms with Gasteiger partial charge in [-0.15, -0.1) is 0 Å². The Hall–Kier alpha value is -0.0800. The molecule has 0 bridgehead atoms. The van der Waals surface area contributed by atoms with Crippen LogP contribution in [0.5, 0.6) is 0 Å². The van der Waals surface area contributed by atoms with E-state index in [9.17, 15) is 0 Å². The van der Waals surface area contributed by atoms with Gasteiger partial charge in [0.05, 0.1) is 18.8 Å². The molecule has 0 unspecified atom stereocenters. The summed E-state index contributed by atoms with van der Waals surface area (Å²) >= 11 is 0. The fraction of sp³-hybridized carbons (Fsp3) is 1.00. The van der Waals surface area contributed by atoms with Gasteiger partial charge >= 0.3 is 0 Å². The molecule has 0 amide bonds. The fourth-order valence-electron chi connectivity index (χ4n) is 1.67. The van der Waals surface area contributed by atoms with Crippen LogP contribution >= 0.6 is 0 Å². The van der Waals surface area contributed by atoms with Crippen molar-refractivity contribution in [1.29, 1.82) is 0 Å². The topological polar surface area (TPSA) is 18.5 Å². The SMILES string of the molecule is CC.C[C@@H]1CO[C@@H]2CCO[C@H]12. The van der Waals surface area contributed by atoms with Crippen molar-refractivity contribution in [2.24, 2.45) is 5.92 Å². The standard InChI is InChI=1S/C7H12O2.C2H6/c1-5-4-9-6-2-3-8-7(5)6;1-2/h5-7H,2-4H2,1H3;1-2H3/t5-,6-,7-;/m1./s1. The van der Waals surface area contributed by atoms with E-state index in [1.165, 1.54) is 0 Å². The van der Waals surface area contributed by atoms with Gasteiger partial charge in [-0.3, -0.25) is 0 Å². The monoisotopic (exact) mass is 158 g/mol. The maximum atomic E-state index is 5.46. The van der Waals surface area contributed by atoms with Crippen LogP contribution in [0.4, 0.5) is 0 Å². The van der Waals surface area contributed by atoms with Crippen LogP contribution in [0, 0.1) is 5.92 Å². The van der Waals surface area contributed by atoms with Gasteiger partial charge in [0.2, 0.25) is 0 Å². The van der Waals surface area contributed by atoms with E-state index in [0.29, 0.717) is 18.1 Å². The van der Waals surface area contributed by atoms with Gasteiger partial charge in [-0.1, -0.05) is 20.8 Å². The van der Waals surface area contributed by atoms with Crippen LogP contribution in [0.2, 0.25) is 0 Å². The quantitative estimate of drug-likeness (QED) is 0.535. The van der Waals surface area contributed by atoms with Crippen molar-refractivity contribution in [3.8, 4) is 0 Å². The average Bonchev–Trinajstić information content (AvgIpc) is 2.60. The molecule has 2 fully saturated rings. The van der Waals surface area contributed by atoms with E-state index < -0.39 is 0 Å². The Bertz CT molecular complexity index is 114. The lowest BCUT2D eigenvalue weighted by Crippen LogP contribution is -2.19. The predicted octanol–water partition coefficient (Wildman–Crippen LogP) is 1.84. The van der Waals surface area contributed by atoms with Crippen LogP contribution in [0.1, 0.15) is 27.2 Å². The third-order valence-electron chi connectivity index (χ3n) is 2.21. The van der Waals surface area contributed by atoms with Crippen molar-refractivity contribution in [3.05, 3.63) is 0 Å². The molecule has 0 aliphatic carbocycles. The zero-order chi connectivity index (χ0) is 8.27. The average molecular weight is 158 g/mol. The van der Waals surface area contributed by atoms with Crippen LogP contribution in [-0.4, -0.2) is 25.4 Å². The summed E-state index contributed by atoms with van der Waals surface area (Å²) in [6.07, 6.45) is 1.96. The molecule has 2 heteroatoms. The lowest BCUT2D eigenvalue weighted by atomic mass is 10.1. The van der Waals surface area contributed by atoms with Gasteiger partial charge in [0.25, 0.3) is 0 Å². The molecule has 0 aromatic heterocycles. The second-order valence-electron chi connectivity index (χ2n) is 2.97. The summed E-state index contributed by atoms with van der Waals surface area (Å²) in [6, 6.07) is 0. The fourth-order valence-corrected chi connectivity index (χ4v) is 1.67. The molecule has 11 heavy (non-hydrogen) atoms. The van der Waals surface area contributed by atoms with Crippen LogP contribution in [0.25, 0.3) is 0 Å². The highest BCUT2D eigenvalue weighted by atomic mass is 16.6. The molecular weight excluding hydrogens is 140 g/mol. The highest BCUT2D eigenvalue weighted by molar-refractivity contribution is 4.86. The molecule has 2 nitrogen and oxygen atoms in total. The van der Waals surface area contributed by atoms with Crippen molar-refractivity contribution < 1.29 is 9.47 Å². The molecule has 2 heterocycles. The Kier molecular flexibility index (Phi) is 3.34. The molecule has 3 atom stereocenters. The van der Waals surface area contributed by atoms with Crippen molar-refractivity contribution in [3.63, 3.8) is 0 Å². The first-order valence-corrected chi connectivity index (χ1v) is 4.61. The zero-order valence-corrected chi connectivity index (χ0v) is 7.67. The van der Waals surface area contributed by atoms with E-state index in [2.05, 4.69) is 6.92 Å². The maximum absolute atomic E-state index is 5.46. The molecule has 0 spiro atoms. The molecule has 0 aromatic rings. The van der Waals surface area contributed by atoms with Gasteiger partial charge < -0.3 is 9.47 Å². The predicted molar refractivity (Wildman–Crippen MR) is 44.6 cm³/mol. The van der Waals surface area contributed by atoms with Crippen LogP contribution in [0.15, 0.2) is 0 Å². The summed E-state index contributed by atoms with van der Waals surface area (Å²) in [6.45, 7) is 7.99. The van der Waals surface area contributed by atoms with E-state index in [0.717, 1.165) is 19.6 Å². The summed E-state index contributed by atoms with van der Waals surface area (Å²) < 4.78 is 10.9. The van der Waals surface area contributed by atoms with Gasteiger partial charge in [0.15, 0.2) is 0 Å². The van der Waals surface area contributed by atoms with Crippen molar-refractivity contribution >= 4 is 0 Å². The normalized spacial score (nSPS) is 41.2. The van der Waals surface area contributed by atoms with Gasteiger partial charge in [-0.2, -0.15) is 0 Å². The van der Waals surface area contributed by atoms with Crippen LogP contribution in [-0.2, 0) is 9.47 Å². The highest BCUT2D eigenvalue weighted by Gasteiger charge is 2.38. The van der Waals surface area contributed by atoms with Gasteiger partial charge in [0.1, 0.15) is 0 Å². The van der Waals surface area contributed by atoms with Crippen molar-refractivity contribution in [2.45, 2.75) is 39.4 Å². The van der Waals surface area contributed by atoms with Gasteiger partial charge in [-0.25, -0.2) is 0 Å². The van der Waals surface area contributed by atoms with Crippen LogP contribution < -0.4 is 0 Å². The number of ether oxygens (including phenoxy) is 2. The second kappa shape index (κ2) is 4.07. The third kappa shape index (κ3) is 1.74. The minimum Gasteiger partial charge on any atom is -0.375 e. The minimum absolute atomic E-state index is 0.421. The zero-order valence-electron chi connectivity index (χ0n) is 7.67. The maximum Gasteiger partial charge on any atom is 0.0884 e. The molecular formula is C9H18O2. The third-order valence-corrected chi connectivity index (χ3v) is 2.21. The molecule has 2 saturated heterocycles. The van der Waals surface area contributed by atoms with E-state index in [1.807, 2.05) is 13.8 Å². The number of hydrogen-bond donors (Lipinski definition) is 0. The largest absolute Gasteiger partial charge is 0.375 e. The number of fused-ring (bicyclic) bond motifs is 1. The molecule has 66 valence electrons. The molecule has 2 aliphatic rings. The van der Waals surface area contributed by atoms with E-state index in [4.69, 9.17) is 9.47 Å². The summed E-state index contributed by atoms with van der Waals surface area (Å²) in [5.41, 5.74) is 0. The van der Waals surface area contributed by atoms with E-state index in [-0.39, 0.29) is 0 Å². The summed E-state index contributed by atoms with van der Waals surface area (Å²) in [7, 11) is 0. The number of hydrogen-bond acceptors (Lipinski definition) is 2. The highest BCUT2D eigenvalue weighted by Crippen LogP contribution is 2.29. The smallest absolute Gasteiger partial charge is 0.0884 e. The van der Waals surface area contributed by atoms with E-state index >= 15 is 0 Å².